The molecule has 3 aliphatic rings. The van der Waals surface area contributed by atoms with Gasteiger partial charge in [-0.2, -0.15) is 0 Å². The fourth-order valence-electron chi connectivity index (χ4n) is 4.49. The molecule has 120 valence electrons. The Kier molecular flexibility index (Phi) is 5.53. The highest BCUT2D eigenvalue weighted by atomic mass is 16.2. The number of amides is 1. The van der Waals surface area contributed by atoms with Crippen LogP contribution in [-0.4, -0.2) is 49.1 Å². The number of piperidine rings is 1. The smallest absolute Gasteiger partial charge is 0.234 e. The van der Waals surface area contributed by atoms with Crippen molar-refractivity contribution in [2.75, 3.05) is 26.2 Å². The second-order valence-electron chi connectivity index (χ2n) is 7.19. The summed E-state index contributed by atoms with van der Waals surface area (Å²) in [6.45, 7) is 4.05. The zero-order valence-electron chi connectivity index (χ0n) is 13.3. The second kappa shape index (κ2) is 7.59. The molecule has 2 saturated heterocycles. The van der Waals surface area contributed by atoms with Gasteiger partial charge >= 0.3 is 0 Å². The average Bonchev–Trinajstić information content (AvgIpc) is 2.97. The van der Waals surface area contributed by atoms with Gasteiger partial charge in [0.1, 0.15) is 0 Å². The number of hydrogen-bond donors (Lipinski definition) is 2. The number of rotatable bonds is 4. The Bertz CT molecular complexity index is 335. The normalized spacial score (nSPS) is 32.2. The maximum atomic E-state index is 12.3. The molecular formula is C17H31N3O. The van der Waals surface area contributed by atoms with Crippen LogP contribution in [-0.2, 0) is 4.79 Å². The molecule has 0 spiro atoms. The molecule has 2 heterocycles. The summed E-state index contributed by atoms with van der Waals surface area (Å²) in [5, 5.41) is 6.80. The van der Waals surface area contributed by atoms with E-state index in [4.69, 9.17) is 0 Å². The van der Waals surface area contributed by atoms with Gasteiger partial charge in [-0.15, -0.1) is 0 Å². The number of carbonyl (C=O) groups excluding carboxylic acids is 1. The summed E-state index contributed by atoms with van der Waals surface area (Å²) in [5.41, 5.74) is 0. The quantitative estimate of drug-likeness (QED) is 0.832. The first-order valence-corrected chi connectivity index (χ1v) is 9.07. The molecule has 4 nitrogen and oxygen atoms in total. The van der Waals surface area contributed by atoms with Crippen LogP contribution in [0, 0.1) is 5.92 Å². The molecule has 2 atom stereocenters. The first kappa shape index (κ1) is 15.3. The number of carbonyl (C=O) groups is 1. The first-order valence-electron chi connectivity index (χ1n) is 9.07. The van der Waals surface area contributed by atoms with Crippen molar-refractivity contribution >= 4 is 5.91 Å². The fraction of sp³-hybridized carbons (Fsp3) is 0.941. The number of nitrogens with one attached hydrogen (secondary N) is 2. The van der Waals surface area contributed by atoms with Crippen LogP contribution in [0.2, 0.25) is 0 Å². The highest BCUT2D eigenvalue weighted by molar-refractivity contribution is 5.78. The van der Waals surface area contributed by atoms with E-state index in [9.17, 15) is 4.79 Å². The van der Waals surface area contributed by atoms with E-state index in [-0.39, 0.29) is 5.91 Å². The summed E-state index contributed by atoms with van der Waals surface area (Å²) in [6, 6.07) is 1.08. The highest BCUT2D eigenvalue weighted by Crippen LogP contribution is 2.28. The van der Waals surface area contributed by atoms with Gasteiger partial charge in [-0.25, -0.2) is 0 Å². The van der Waals surface area contributed by atoms with Gasteiger partial charge in [0.2, 0.25) is 5.91 Å². The zero-order valence-corrected chi connectivity index (χ0v) is 13.3. The van der Waals surface area contributed by atoms with Crippen molar-refractivity contribution in [1.82, 2.24) is 15.5 Å². The van der Waals surface area contributed by atoms with E-state index < -0.39 is 0 Å². The Hall–Kier alpha value is -0.610. The lowest BCUT2D eigenvalue weighted by Crippen LogP contribution is -2.48. The molecule has 2 unspecified atom stereocenters. The minimum absolute atomic E-state index is 0.262. The first-order chi connectivity index (χ1) is 10.3. The van der Waals surface area contributed by atoms with Crippen LogP contribution in [0.1, 0.15) is 57.8 Å². The van der Waals surface area contributed by atoms with Gasteiger partial charge in [-0.1, -0.05) is 19.3 Å². The Labute approximate surface area is 129 Å². The molecule has 3 fully saturated rings. The molecule has 21 heavy (non-hydrogen) atoms. The summed E-state index contributed by atoms with van der Waals surface area (Å²) >= 11 is 0. The van der Waals surface area contributed by atoms with E-state index >= 15 is 0 Å². The summed E-state index contributed by atoms with van der Waals surface area (Å²) in [6.07, 6.45) is 11.4. The topological polar surface area (TPSA) is 44.4 Å². The number of nitrogens with zero attached hydrogens (tertiary/aromatic N) is 1. The van der Waals surface area contributed by atoms with Gasteiger partial charge in [0.25, 0.3) is 0 Å². The summed E-state index contributed by atoms with van der Waals surface area (Å²) < 4.78 is 0. The standard InChI is InChI=1S/C17H31N3O/c21-17(19-15-7-2-1-3-8-15)13-20-11-5-9-16(20)14-6-4-10-18-12-14/h14-16,18H,1-13H2,(H,19,21). The Morgan fingerprint density at radius 3 is 2.67 bits per heavy atom. The third-order valence-electron chi connectivity index (χ3n) is 5.61. The Morgan fingerprint density at radius 1 is 1.05 bits per heavy atom. The monoisotopic (exact) mass is 293 g/mol. The minimum Gasteiger partial charge on any atom is -0.352 e. The summed E-state index contributed by atoms with van der Waals surface area (Å²) in [5.74, 6) is 1.02. The van der Waals surface area contributed by atoms with Crippen LogP contribution >= 0.6 is 0 Å². The van der Waals surface area contributed by atoms with E-state index in [0.29, 0.717) is 18.6 Å². The lowest BCUT2D eigenvalue weighted by molar-refractivity contribution is -0.123. The molecule has 0 aromatic rings. The molecule has 0 radical (unpaired) electrons. The van der Waals surface area contributed by atoms with Crippen molar-refractivity contribution in [1.29, 1.82) is 0 Å². The maximum Gasteiger partial charge on any atom is 0.234 e. The fourth-order valence-corrected chi connectivity index (χ4v) is 4.49. The van der Waals surface area contributed by atoms with Crippen molar-refractivity contribution in [2.45, 2.75) is 69.9 Å². The molecule has 0 aromatic heterocycles. The van der Waals surface area contributed by atoms with Crippen LogP contribution in [0.5, 0.6) is 0 Å². The lowest BCUT2D eigenvalue weighted by Gasteiger charge is -2.34. The molecule has 4 heteroatoms. The van der Waals surface area contributed by atoms with E-state index in [1.165, 1.54) is 64.3 Å². The summed E-state index contributed by atoms with van der Waals surface area (Å²) in [4.78, 5) is 14.8. The second-order valence-corrected chi connectivity index (χ2v) is 7.19. The van der Waals surface area contributed by atoms with Crippen LogP contribution in [0.15, 0.2) is 0 Å². The van der Waals surface area contributed by atoms with Gasteiger partial charge in [0.15, 0.2) is 0 Å². The van der Waals surface area contributed by atoms with Crippen molar-refractivity contribution in [3.63, 3.8) is 0 Å². The van der Waals surface area contributed by atoms with Crippen LogP contribution in [0.4, 0.5) is 0 Å². The number of likely N-dealkylation sites (tertiary alicyclic amines) is 1. The van der Waals surface area contributed by atoms with Crippen LogP contribution < -0.4 is 10.6 Å². The zero-order chi connectivity index (χ0) is 14.5. The molecule has 0 aromatic carbocycles. The molecule has 2 N–H and O–H groups in total. The van der Waals surface area contributed by atoms with E-state index in [1.807, 2.05) is 0 Å². The van der Waals surface area contributed by atoms with Gasteiger partial charge in [-0.05, 0) is 64.1 Å². The highest BCUT2D eigenvalue weighted by Gasteiger charge is 2.33. The predicted octanol–water partition coefficient (Wildman–Crippen LogP) is 1.90. The predicted molar refractivity (Wildman–Crippen MR) is 85.2 cm³/mol. The van der Waals surface area contributed by atoms with Crippen molar-refractivity contribution in [2.24, 2.45) is 5.92 Å². The van der Waals surface area contributed by atoms with Gasteiger partial charge in [0.05, 0.1) is 6.54 Å². The Morgan fingerprint density at radius 2 is 1.90 bits per heavy atom. The van der Waals surface area contributed by atoms with Crippen molar-refractivity contribution < 1.29 is 4.79 Å². The van der Waals surface area contributed by atoms with E-state index in [2.05, 4.69) is 15.5 Å². The molecular weight excluding hydrogens is 262 g/mol. The van der Waals surface area contributed by atoms with Crippen molar-refractivity contribution in [3.05, 3.63) is 0 Å². The Balaban J connectivity index is 1.47. The molecule has 3 rings (SSSR count). The van der Waals surface area contributed by atoms with Gasteiger partial charge < -0.3 is 10.6 Å². The molecule has 0 bridgehead atoms. The van der Waals surface area contributed by atoms with Crippen LogP contribution in [0.3, 0.4) is 0 Å². The molecule has 1 amide bonds. The van der Waals surface area contributed by atoms with Crippen molar-refractivity contribution in [3.8, 4) is 0 Å². The average molecular weight is 293 g/mol. The van der Waals surface area contributed by atoms with Gasteiger partial charge in [-0.3, -0.25) is 9.69 Å². The molecule has 1 aliphatic carbocycles. The van der Waals surface area contributed by atoms with Gasteiger partial charge in [0, 0.05) is 12.1 Å². The SMILES string of the molecule is O=C(CN1CCCC1C1CCCNC1)NC1CCCCC1. The maximum absolute atomic E-state index is 12.3. The largest absolute Gasteiger partial charge is 0.352 e. The molecule has 2 aliphatic heterocycles. The third-order valence-corrected chi connectivity index (χ3v) is 5.61. The lowest BCUT2D eigenvalue weighted by atomic mass is 9.90. The number of hydrogen-bond acceptors (Lipinski definition) is 3. The van der Waals surface area contributed by atoms with E-state index in [0.717, 1.165) is 19.0 Å². The minimum atomic E-state index is 0.262. The van der Waals surface area contributed by atoms with Crippen LogP contribution in [0.25, 0.3) is 0 Å². The van der Waals surface area contributed by atoms with E-state index in [1.54, 1.807) is 0 Å². The third kappa shape index (κ3) is 4.19. The summed E-state index contributed by atoms with van der Waals surface area (Å²) in [7, 11) is 0. The molecule has 1 saturated carbocycles.